The lowest BCUT2D eigenvalue weighted by molar-refractivity contribution is -0.117. The zero-order chi connectivity index (χ0) is 16.5. The molecule has 122 valence electrons. The normalized spacial score (nSPS) is 27.4. The van der Waals surface area contributed by atoms with Crippen molar-refractivity contribution in [1.29, 1.82) is 0 Å². The van der Waals surface area contributed by atoms with Crippen LogP contribution in [0.5, 0.6) is 0 Å². The summed E-state index contributed by atoms with van der Waals surface area (Å²) in [5.74, 6) is 0.115. The average molecular weight is 313 g/mol. The molecule has 1 aliphatic rings. The molecular weight excluding hydrogens is 280 g/mol. The molecule has 0 unspecified atom stereocenters. The predicted molar refractivity (Wildman–Crippen MR) is 90.0 cm³/mol. The van der Waals surface area contributed by atoms with Gasteiger partial charge in [-0.25, -0.2) is 0 Å². The third-order valence-electron chi connectivity index (χ3n) is 4.87. The fourth-order valence-corrected chi connectivity index (χ4v) is 3.96. The molecule has 1 saturated heterocycles. The summed E-state index contributed by atoms with van der Waals surface area (Å²) >= 11 is 0. The summed E-state index contributed by atoms with van der Waals surface area (Å²) in [6.45, 7) is 18.9. The van der Waals surface area contributed by atoms with Crippen molar-refractivity contribution in [3.8, 4) is 0 Å². The summed E-state index contributed by atoms with van der Waals surface area (Å²) in [5.41, 5.74) is -0.198. The van der Waals surface area contributed by atoms with Crippen LogP contribution in [-0.2, 0) is 14.0 Å². The topological polar surface area (TPSA) is 35.5 Å². The van der Waals surface area contributed by atoms with Gasteiger partial charge in [-0.3, -0.25) is 0 Å². The van der Waals surface area contributed by atoms with E-state index >= 15 is 0 Å². The van der Waals surface area contributed by atoms with E-state index in [9.17, 15) is 4.79 Å². The molecular formula is C17H32O3Si. The van der Waals surface area contributed by atoms with Crippen LogP contribution in [0.4, 0.5) is 0 Å². The Balaban J connectivity index is 2.93. The molecule has 4 heteroatoms. The number of rotatable bonds is 6. The first-order valence-corrected chi connectivity index (χ1v) is 10.8. The molecule has 0 amide bonds. The number of ether oxygens (including phenoxy) is 1. The Morgan fingerprint density at radius 3 is 2.43 bits per heavy atom. The molecule has 1 heterocycles. The molecule has 3 atom stereocenters. The molecule has 0 aromatic carbocycles. The molecule has 1 aliphatic heterocycles. The molecule has 21 heavy (non-hydrogen) atoms. The summed E-state index contributed by atoms with van der Waals surface area (Å²) in [5, 5.41) is 0.0944. The maximum Gasteiger partial charge on any atom is 0.193 e. The van der Waals surface area contributed by atoms with Crippen molar-refractivity contribution in [2.24, 2.45) is 5.92 Å². The summed E-state index contributed by atoms with van der Waals surface area (Å²) < 4.78 is 12.5. The van der Waals surface area contributed by atoms with Gasteiger partial charge in [-0.2, -0.15) is 0 Å². The summed E-state index contributed by atoms with van der Waals surface area (Å²) in [6, 6.07) is 0. The monoisotopic (exact) mass is 312 g/mol. The minimum Gasteiger partial charge on any atom is -0.407 e. The first-order valence-electron chi connectivity index (χ1n) is 7.85. The number of carbonyl (C=O) groups is 1. The molecule has 0 aliphatic carbocycles. The quantitative estimate of drug-likeness (QED) is 0.416. The highest BCUT2D eigenvalue weighted by Crippen LogP contribution is 2.42. The van der Waals surface area contributed by atoms with Crippen LogP contribution in [-0.4, -0.2) is 32.4 Å². The van der Waals surface area contributed by atoms with E-state index in [-0.39, 0.29) is 28.8 Å². The molecule has 0 spiro atoms. The van der Waals surface area contributed by atoms with E-state index in [4.69, 9.17) is 9.16 Å². The van der Waals surface area contributed by atoms with Crippen molar-refractivity contribution < 1.29 is 14.0 Å². The van der Waals surface area contributed by atoms with Gasteiger partial charge in [-0.1, -0.05) is 26.8 Å². The molecule has 0 bridgehead atoms. The molecule has 0 saturated carbocycles. The van der Waals surface area contributed by atoms with E-state index in [1.807, 2.05) is 6.08 Å². The molecule has 1 rings (SSSR count). The molecule has 0 radical (unpaired) electrons. The van der Waals surface area contributed by atoms with Crippen molar-refractivity contribution in [1.82, 2.24) is 0 Å². The number of aldehydes is 1. The van der Waals surface area contributed by atoms with Crippen molar-refractivity contribution in [3.63, 3.8) is 0 Å². The van der Waals surface area contributed by atoms with Gasteiger partial charge >= 0.3 is 0 Å². The van der Waals surface area contributed by atoms with Crippen molar-refractivity contribution >= 4 is 14.6 Å². The minimum absolute atomic E-state index is 0.0254. The number of carbonyl (C=O) groups excluding carboxylic acids is 1. The Morgan fingerprint density at radius 1 is 1.43 bits per heavy atom. The molecule has 0 aromatic rings. The highest BCUT2D eigenvalue weighted by Gasteiger charge is 2.47. The fourth-order valence-electron chi connectivity index (χ4n) is 2.69. The van der Waals surface area contributed by atoms with Crippen LogP contribution in [0.2, 0.25) is 18.1 Å². The Labute approximate surface area is 131 Å². The Bertz CT molecular complexity index is 382. The van der Waals surface area contributed by atoms with Crippen molar-refractivity contribution in [3.05, 3.63) is 12.7 Å². The lowest BCUT2D eigenvalue weighted by atomic mass is 9.89. The van der Waals surface area contributed by atoms with E-state index in [2.05, 4.69) is 54.3 Å². The Hall–Kier alpha value is -0.453. The standard InChI is InChI=1S/C17H32O3Si/c1-9-10-14-13(11-17(5,6)19-14)15(12-18)20-21(7,8)16(2,3)4/h9,12-15H,1,10-11H2,2-8H3/t13-,14+,15+/m0/s1. The Morgan fingerprint density at radius 2 is 2.00 bits per heavy atom. The van der Waals surface area contributed by atoms with E-state index in [0.29, 0.717) is 0 Å². The molecule has 0 N–H and O–H groups in total. The molecule has 0 aromatic heterocycles. The van der Waals surface area contributed by atoms with E-state index < -0.39 is 8.32 Å². The highest BCUT2D eigenvalue weighted by molar-refractivity contribution is 6.74. The largest absolute Gasteiger partial charge is 0.407 e. The van der Waals surface area contributed by atoms with Crippen LogP contribution in [0.1, 0.15) is 47.5 Å². The smallest absolute Gasteiger partial charge is 0.193 e. The SMILES string of the molecule is C=CC[C@H]1OC(C)(C)C[C@@H]1[C@@H](C=O)O[Si](C)(C)C(C)(C)C. The van der Waals surface area contributed by atoms with Gasteiger partial charge in [-0.15, -0.1) is 6.58 Å². The van der Waals surface area contributed by atoms with Crippen LogP contribution in [0.15, 0.2) is 12.7 Å². The van der Waals surface area contributed by atoms with Crippen LogP contribution in [0, 0.1) is 5.92 Å². The van der Waals surface area contributed by atoms with Gasteiger partial charge in [0, 0.05) is 5.92 Å². The van der Waals surface area contributed by atoms with Gasteiger partial charge in [0.05, 0.1) is 11.7 Å². The lowest BCUT2D eigenvalue weighted by Crippen LogP contribution is -2.47. The van der Waals surface area contributed by atoms with Gasteiger partial charge in [0.15, 0.2) is 8.32 Å². The zero-order valence-electron chi connectivity index (χ0n) is 14.7. The maximum absolute atomic E-state index is 11.7. The van der Waals surface area contributed by atoms with Crippen LogP contribution >= 0.6 is 0 Å². The van der Waals surface area contributed by atoms with E-state index in [0.717, 1.165) is 19.1 Å². The molecule has 3 nitrogen and oxygen atoms in total. The number of hydrogen-bond donors (Lipinski definition) is 0. The van der Waals surface area contributed by atoms with Crippen molar-refractivity contribution in [2.45, 2.75) is 83.4 Å². The second-order valence-electron chi connectivity index (χ2n) is 8.29. The van der Waals surface area contributed by atoms with Crippen molar-refractivity contribution in [2.75, 3.05) is 0 Å². The van der Waals surface area contributed by atoms with Gasteiger partial charge in [0.2, 0.25) is 0 Å². The van der Waals surface area contributed by atoms with Crippen LogP contribution in [0.3, 0.4) is 0 Å². The second-order valence-corrected chi connectivity index (χ2v) is 13.0. The fraction of sp³-hybridized carbons (Fsp3) is 0.824. The maximum atomic E-state index is 11.7. The van der Waals surface area contributed by atoms with E-state index in [1.165, 1.54) is 0 Å². The summed E-state index contributed by atoms with van der Waals surface area (Å²) in [4.78, 5) is 11.7. The first kappa shape index (κ1) is 18.6. The second kappa shape index (κ2) is 6.35. The predicted octanol–water partition coefficient (Wildman–Crippen LogP) is 4.34. The summed E-state index contributed by atoms with van der Waals surface area (Å²) in [6.07, 6.45) is 4.11. The summed E-state index contributed by atoms with van der Waals surface area (Å²) in [7, 11) is -1.97. The van der Waals surface area contributed by atoms with Gasteiger partial charge < -0.3 is 14.0 Å². The highest BCUT2D eigenvalue weighted by atomic mass is 28.4. The minimum atomic E-state index is -1.97. The average Bonchev–Trinajstić information content (AvgIpc) is 2.60. The van der Waals surface area contributed by atoms with Gasteiger partial charge in [0.25, 0.3) is 0 Å². The van der Waals surface area contributed by atoms with Crippen LogP contribution < -0.4 is 0 Å². The first-order chi connectivity index (χ1) is 9.43. The van der Waals surface area contributed by atoms with Gasteiger partial charge in [-0.05, 0) is 44.8 Å². The number of hydrogen-bond acceptors (Lipinski definition) is 3. The van der Waals surface area contributed by atoms with Crippen LogP contribution in [0.25, 0.3) is 0 Å². The van der Waals surface area contributed by atoms with Gasteiger partial charge in [0.1, 0.15) is 12.4 Å². The lowest BCUT2D eigenvalue weighted by Gasteiger charge is -2.39. The third-order valence-corrected chi connectivity index (χ3v) is 9.34. The van der Waals surface area contributed by atoms with E-state index in [1.54, 1.807) is 0 Å². The molecule has 1 fully saturated rings. The Kier molecular flexibility index (Phi) is 5.62. The third kappa shape index (κ3) is 4.51. The zero-order valence-corrected chi connectivity index (χ0v) is 15.7.